The van der Waals surface area contributed by atoms with Gasteiger partial charge in [0.15, 0.2) is 6.10 Å². The molecule has 0 aliphatic carbocycles. The zero-order valence-corrected chi connectivity index (χ0v) is 35.4. The SMILES string of the molecule is CCCC/C=C/C/C=C/CCCCCCCC(=O)OC[C@H](COP(=O)(O)OC[C@H](N)C(=O)O)OC(=O)CCCCCCCCC/C=C/CCCCCCCC. The smallest absolute Gasteiger partial charge is 0.472 e. The van der Waals surface area contributed by atoms with Gasteiger partial charge >= 0.3 is 25.7 Å². The normalized spacial score (nSPS) is 14.1. The van der Waals surface area contributed by atoms with Gasteiger partial charge in [0.1, 0.15) is 12.6 Å². The molecule has 4 N–H and O–H groups in total. The second-order valence-electron chi connectivity index (χ2n) is 14.5. The van der Waals surface area contributed by atoms with E-state index in [9.17, 15) is 23.8 Å². The molecule has 0 radical (unpaired) electrons. The molecule has 1 unspecified atom stereocenters. The fourth-order valence-electron chi connectivity index (χ4n) is 5.66. The Kier molecular flexibility index (Phi) is 37.0. The van der Waals surface area contributed by atoms with Crippen LogP contribution in [-0.2, 0) is 37.5 Å². The number of carbonyl (C=O) groups excluding carboxylic acids is 2. The summed E-state index contributed by atoms with van der Waals surface area (Å²) in [7, 11) is -4.72. The highest BCUT2D eigenvalue weighted by molar-refractivity contribution is 7.47. The zero-order chi connectivity index (χ0) is 40.7. The van der Waals surface area contributed by atoms with Gasteiger partial charge in [0.25, 0.3) is 0 Å². The number of hydrogen-bond donors (Lipinski definition) is 3. The quantitative estimate of drug-likeness (QED) is 0.0233. The number of esters is 2. The Morgan fingerprint density at radius 2 is 0.982 bits per heavy atom. The first-order valence-electron chi connectivity index (χ1n) is 21.5. The monoisotopic (exact) mass is 800 g/mol. The van der Waals surface area contributed by atoms with Gasteiger partial charge in [-0.05, 0) is 64.2 Å². The van der Waals surface area contributed by atoms with E-state index in [4.69, 9.17) is 24.8 Å². The molecular weight excluding hydrogens is 721 g/mol. The molecule has 0 amide bonds. The van der Waals surface area contributed by atoms with Crippen molar-refractivity contribution in [2.45, 2.75) is 199 Å². The largest absolute Gasteiger partial charge is 0.480 e. The van der Waals surface area contributed by atoms with E-state index in [1.807, 2.05) is 0 Å². The third kappa shape index (κ3) is 38.4. The molecule has 0 spiro atoms. The Morgan fingerprint density at radius 1 is 0.564 bits per heavy atom. The highest BCUT2D eigenvalue weighted by Gasteiger charge is 2.28. The van der Waals surface area contributed by atoms with E-state index in [2.05, 4.69) is 54.8 Å². The maximum absolute atomic E-state index is 12.6. The van der Waals surface area contributed by atoms with Crippen LogP contribution in [0.25, 0.3) is 0 Å². The first-order valence-corrected chi connectivity index (χ1v) is 23.0. The van der Waals surface area contributed by atoms with Crippen LogP contribution in [0.3, 0.4) is 0 Å². The topological polar surface area (TPSA) is 172 Å². The molecule has 0 fully saturated rings. The molecular formula is C43H78NO10P. The van der Waals surface area contributed by atoms with Crippen molar-refractivity contribution in [3.63, 3.8) is 0 Å². The Morgan fingerprint density at radius 3 is 1.49 bits per heavy atom. The average molecular weight is 800 g/mol. The van der Waals surface area contributed by atoms with Gasteiger partial charge in [-0.3, -0.25) is 23.4 Å². The van der Waals surface area contributed by atoms with E-state index in [1.165, 1.54) is 70.6 Å². The number of ether oxygens (including phenoxy) is 2. The van der Waals surface area contributed by atoms with Gasteiger partial charge < -0.3 is 25.2 Å². The summed E-state index contributed by atoms with van der Waals surface area (Å²) >= 11 is 0. The second kappa shape index (κ2) is 38.6. The molecule has 3 atom stereocenters. The summed E-state index contributed by atoms with van der Waals surface area (Å²) in [5.41, 5.74) is 5.33. The first-order chi connectivity index (χ1) is 26.6. The second-order valence-corrected chi connectivity index (χ2v) is 15.9. The lowest BCUT2D eigenvalue weighted by molar-refractivity contribution is -0.161. The Labute approximate surface area is 333 Å². The van der Waals surface area contributed by atoms with Gasteiger partial charge in [0.2, 0.25) is 0 Å². The van der Waals surface area contributed by atoms with Crippen LogP contribution in [0.15, 0.2) is 36.5 Å². The fraction of sp³-hybridized carbons (Fsp3) is 0.791. The van der Waals surface area contributed by atoms with E-state index in [0.717, 1.165) is 77.0 Å². The van der Waals surface area contributed by atoms with Crippen LogP contribution < -0.4 is 5.73 Å². The number of aliphatic carboxylic acids is 1. The number of carboxylic acids is 1. The van der Waals surface area contributed by atoms with Crippen LogP contribution in [0.2, 0.25) is 0 Å². The van der Waals surface area contributed by atoms with E-state index >= 15 is 0 Å². The summed E-state index contributed by atoms with van der Waals surface area (Å²) in [6.45, 7) is 2.74. The number of carbonyl (C=O) groups is 3. The molecule has 55 heavy (non-hydrogen) atoms. The number of carboxylic acid groups (broad SMARTS) is 1. The Bertz CT molecular complexity index is 1080. The predicted molar refractivity (Wildman–Crippen MR) is 222 cm³/mol. The van der Waals surface area contributed by atoms with E-state index in [1.54, 1.807) is 0 Å². The number of phosphoric acid groups is 1. The lowest BCUT2D eigenvalue weighted by Crippen LogP contribution is -2.34. The Balaban J connectivity index is 4.39. The van der Waals surface area contributed by atoms with Gasteiger partial charge in [-0.25, -0.2) is 4.57 Å². The molecule has 0 saturated heterocycles. The summed E-state index contributed by atoms with van der Waals surface area (Å²) in [6, 6.07) is -1.52. The molecule has 0 aromatic rings. The third-order valence-electron chi connectivity index (χ3n) is 9.11. The van der Waals surface area contributed by atoms with Crippen molar-refractivity contribution in [2.24, 2.45) is 5.73 Å². The van der Waals surface area contributed by atoms with Crippen molar-refractivity contribution in [3.05, 3.63) is 36.5 Å². The molecule has 0 bridgehead atoms. The van der Waals surface area contributed by atoms with Gasteiger partial charge in [-0.15, -0.1) is 0 Å². The van der Waals surface area contributed by atoms with Crippen LogP contribution in [0.1, 0.15) is 187 Å². The van der Waals surface area contributed by atoms with Crippen molar-refractivity contribution in [1.29, 1.82) is 0 Å². The van der Waals surface area contributed by atoms with Gasteiger partial charge in [-0.1, -0.05) is 147 Å². The molecule has 0 aliphatic heterocycles. The van der Waals surface area contributed by atoms with E-state index in [-0.39, 0.29) is 19.4 Å². The third-order valence-corrected chi connectivity index (χ3v) is 10.1. The van der Waals surface area contributed by atoms with Crippen LogP contribution in [0.5, 0.6) is 0 Å². The average Bonchev–Trinajstić information content (AvgIpc) is 3.16. The molecule has 0 aromatic carbocycles. The maximum Gasteiger partial charge on any atom is 0.472 e. The molecule has 0 aliphatic rings. The lowest BCUT2D eigenvalue weighted by atomic mass is 10.1. The van der Waals surface area contributed by atoms with Crippen molar-refractivity contribution in [3.8, 4) is 0 Å². The minimum absolute atomic E-state index is 0.153. The van der Waals surface area contributed by atoms with Crippen LogP contribution in [-0.4, -0.2) is 59.9 Å². The van der Waals surface area contributed by atoms with Crippen molar-refractivity contribution < 1.29 is 47.5 Å². The molecule has 0 aromatic heterocycles. The summed E-state index contributed by atoms with van der Waals surface area (Å²) < 4.78 is 32.7. The predicted octanol–water partition coefficient (Wildman–Crippen LogP) is 11.2. The van der Waals surface area contributed by atoms with Crippen LogP contribution >= 0.6 is 7.82 Å². The summed E-state index contributed by atoms with van der Waals surface area (Å²) in [6.07, 6.45) is 40.6. The number of phosphoric ester groups is 1. The molecule has 320 valence electrons. The van der Waals surface area contributed by atoms with Crippen LogP contribution in [0, 0.1) is 0 Å². The summed E-state index contributed by atoms with van der Waals surface area (Å²) in [5, 5.41) is 8.88. The van der Waals surface area contributed by atoms with Gasteiger partial charge in [0.05, 0.1) is 13.2 Å². The first kappa shape index (κ1) is 52.7. The number of rotatable bonds is 40. The minimum atomic E-state index is -4.72. The van der Waals surface area contributed by atoms with Crippen molar-refractivity contribution in [2.75, 3.05) is 19.8 Å². The number of hydrogen-bond acceptors (Lipinski definition) is 9. The van der Waals surface area contributed by atoms with Crippen molar-refractivity contribution in [1.82, 2.24) is 0 Å². The number of unbranched alkanes of at least 4 members (excludes halogenated alkanes) is 20. The minimum Gasteiger partial charge on any atom is -0.480 e. The summed E-state index contributed by atoms with van der Waals surface area (Å²) in [4.78, 5) is 45.9. The van der Waals surface area contributed by atoms with Gasteiger partial charge in [0, 0.05) is 12.8 Å². The molecule has 0 heterocycles. The number of nitrogens with two attached hydrogens (primary N) is 1. The maximum atomic E-state index is 12.6. The fourth-order valence-corrected chi connectivity index (χ4v) is 6.44. The van der Waals surface area contributed by atoms with Gasteiger partial charge in [-0.2, -0.15) is 0 Å². The van der Waals surface area contributed by atoms with Crippen molar-refractivity contribution >= 4 is 25.7 Å². The lowest BCUT2D eigenvalue weighted by Gasteiger charge is -2.20. The molecule has 0 saturated carbocycles. The standard InChI is InChI=1S/C43H78NO10P/c1-3-5-7-9-11-13-15-17-19-20-21-23-25-27-29-31-33-35-42(46)54-39(37-52-55(49,50)53-38-40(44)43(47)48)36-51-41(45)34-32-30-28-26-24-22-18-16-14-12-10-8-6-4-2/h10,12,16-19,39-40H,3-9,11,13-15,20-38,44H2,1-2H3,(H,47,48)(H,49,50)/b12-10+,18-16+,19-17+/t39-,40+/m1/s1. The highest BCUT2D eigenvalue weighted by Crippen LogP contribution is 2.43. The van der Waals surface area contributed by atoms with Crippen LogP contribution in [0.4, 0.5) is 0 Å². The number of allylic oxidation sites excluding steroid dienone is 6. The van der Waals surface area contributed by atoms with E-state index < -0.39 is 51.1 Å². The summed E-state index contributed by atoms with van der Waals surface area (Å²) in [5.74, 6) is -2.40. The highest BCUT2D eigenvalue weighted by atomic mass is 31.2. The molecule has 0 rings (SSSR count). The zero-order valence-electron chi connectivity index (χ0n) is 34.5. The van der Waals surface area contributed by atoms with E-state index in [0.29, 0.717) is 12.8 Å². The molecule has 12 heteroatoms. The Hall–Kier alpha value is -2.30. The molecule has 11 nitrogen and oxygen atoms in total.